The van der Waals surface area contributed by atoms with Gasteiger partial charge < -0.3 is 10.1 Å². The summed E-state index contributed by atoms with van der Waals surface area (Å²) in [6.07, 6.45) is 2.50. The van der Waals surface area contributed by atoms with Crippen LogP contribution < -0.4 is 10.2 Å². The zero-order valence-corrected chi connectivity index (χ0v) is 13.5. The number of carbonyl (C=O) groups is 2. The first kappa shape index (κ1) is 17.4. The number of methoxy groups -OCH3 is 1. The molecule has 21 heavy (non-hydrogen) atoms. The summed E-state index contributed by atoms with van der Waals surface area (Å²) in [5, 5.41) is 2.75. The van der Waals surface area contributed by atoms with Crippen LogP contribution in [0.4, 0.5) is 10.5 Å². The maximum atomic E-state index is 12.4. The first-order valence-corrected chi connectivity index (χ1v) is 8.23. The topological polar surface area (TPSA) is 58.6 Å². The van der Waals surface area contributed by atoms with E-state index in [-0.39, 0.29) is 6.03 Å². The highest BCUT2D eigenvalue weighted by Gasteiger charge is 2.23. The summed E-state index contributed by atoms with van der Waals surface area (Å²) in [6.45, 7) is 2.41. The Balaban J connectivity index is 2.76. The zero-order valence-electron chi connectivity index (χ0n) is 12.7. The molecule has 1 atom stereocenters. The van der Waals surface area contributed by atoms with Gasteiger partial charge in [-0.05, 0) is 37.5 Å². The molecule has 1 aromatic rings. The highest BCUT2D eigenvalue weighted by Crippen LogP contribution is 2.13. The van der Waals surface area contributed by atoms with E-state index >= 15 is 0 Å². The number of carbonyl (C=O) groups excluding carboxylic acids is 2. The molecule has 0 fully saturated rings. The molecule has 1 N–H and O–H groups in total. The third-order valence-electron chi connectivity index (χ3n) is 3.02. The third kappa shape index (κ3) is 5.30. The number of nitrogens with zero attached hydrogens (tertiary/aromatic N) is 1. The Morgan fingerprint density at radius 2 is 2.00 bits per heavy atom. The lowest BCUT2D eigenvalue weighted by molar-refractivity contribution is -0.142. The summed E-state index contributed by atoms with van der Waals surface area (Å²) in [5.74, 6) is 0.360. The lowest BCUT2D eigenvalue weighted by atomic mass is 10.2. The van der Waals surface area contributed by atoms with Gasteiger partial charge in [-0.25, -0.2) is 9.59 Å². The van der Waals surface area contributed by atoms with Crippen molar-refractivity contribution in [2.75, 3.05) is 30.6 Å². The van der Waals surface area contributed by atoms with Crippen LogP contribution in [0.1, 0.15) is 13.3 Å². The Hall–Kier alpha value is -1.69. The Kier molecular flexibility index (Phi) is 7.68. The van der Waals surface area contributed by atoms with Crippen LogP contribution in [0.5, 0.6) is 0 Å². The Morgan fingerprint density at radius 1 is 1.33 bits per heavy atom. The molecule has 0 heterocycles. The number of hydrogen-bond acceptors (Lipinski definition) is 4. The molecule has 5 nitrogen and oxygen atoms in total. The molecule has 0 aliphatic rings. The van der Waals surface area contributed by atoms with E-state index in [0.29, 0.717) is 13.0 Å². The van der Waals surface area contributed by atoms with Crippen LogP contribution >= 0.6 is 11.8 Å². The van der Waals surface area contributed by atoms with Gasteiger partial charge in [-0.3, -0.25) is 4.90 Å². The summed E-state index contributed by atoms with van der Waals surface area (Å²) in [4.78, 5) is 25.7. The highest BCUT2D eigenvalue weighted by molar-refractivity contribution is 7.98. The molecule has 0 radical (unpaired) electrons. The van der Waals surface area contributed by atoms with E-state index in [0.717, 1.165) is 11.4 Å². The molecule has 0 bridgehead atoms. The average molecular weight is 310 g/mol. The number of anilines is 1. The molecule has 0 saturated carbocycles. The van der Waals surface area contributed by atoms with E-state index in [1.54, 1.807) is 16.7 Å². The van der Waals surface area contributed by atoms with Crippen LogP contribution in [-0.2, 0) is 9.53 Å². The van der Waals surface area contributed by atoms with Crippen molar-refractivity contribution >= 4 is 29.4 Å². The Morgan fingerprint density at radius 3 is 2.52 bits per heavy atom. The Labute approximate surface area is 130 Å². The minimum Gasteiger partial charge on any atom is -0.467 e. The number of para-hydroxylation sites is 1. The number of thioether (sulfide) groups is 1. The van der Waals surface area contributed by atoms with Crippen LogP contribution in [-0.4, -0.2) is 43.7 Å². The van der Waals surface area contributed by atoms with Crippen molar-refractivity contribution in [2.45, 2.75) is 19.4 Å². The van der Waals surface area contributed by atoms with Crippen LogP contribution in [0, 0.1) is 0 Å². The van der Waals surface area contributed by atoms with Gasteiger partial charge >= 0.3 is 12.0 Å². The molecule has 0 spiro atoms. The Bertz CT molecular complexity index is 453. The van der Waals surface area contributed by atoms with E-state index in [4.69, 9.17) is 4.74 Å². The second-order valence-electron chi connectivity index (χ2n) is 4.39. The van der Waals surface area contributed by atoms with Crippen molar-refractivity contribution in [1.29, 1.82) is 0 Å². The fourth-order valence-corrected chi connectivity index (χ4v) is 2.38. The highest BCUT2D eigenvalue weighted by atomic mass is 32.2. The maximum absolute atomic E-state index is 12.4. The number of urea groups is 1. The number of amides is 2. The molecule has 2 amide bonds. The summed E-state index contributed by atoms with van der Waals surface area (Å²) >= 11 is 1.62. The van der Waals surface area contributed by atoms with E-state index in [9.17, 15) is 9.59 Å². The lowest BCUT2D eigenvalue weighted by Crippen LogP contribution is -2.48. The van der Waals surface area contributed by atoms with Gasteiger partial charge in [-0.2, -0.15) is 11.8 Å². The molecule has 1 aromatic carbocycles. The summed E-state index contributed by atoms with van der Waals surface area (Å²) in [5.41, 5.74) is 0.797. The fraction of sp³-hybridized carbons (Fsp3) is 0.467. The molecule has 0 aromatic heterocycles. The van der Waals surface area contributed by atoms with Gasteiger partial charge in [0.05, 0.1) is 7.11 Å². The second kappa shape index (κ2) is 9.28. The second-order valence-corrected chi connectivity index (χ2v) is 5.37. The van der Waals surface area contributed by atoms with E-state index < -0.39 is 12.0 Å². The minimum absolute atomic E-state index is 0.291. The number of benzene rings is 1. The van der Waals surface area contributed by atoms with E-state index in [1.165, 1.54) is 7.11 Å². The molecule has 0 saturated heterocycles. The quantitative estimate of drug-likeness (QED) is 0.786. The van der Waals surface area contributed by atoms with E-state index in [1.807, 2.05) is 43.5 Å². The summed E-state index contributed by atoms with van der Waals surface area (Å²) in [6, 6.07) is 8.45. The number of ether oxygens (including phenoxy) is 1. The van der Waals surface area contributed by atoms with Crippen molar-refractivity contribution in [3.8, 4) is 0 Å². The molecule has 116 valence electrons. The van der Waals surface area contributed by atoms with Gasteiger partial charge in [-0.15, -0.1) is 0 Å². The molecule has 1 rings (SSSR count). The van der Waals surface area contributed by atoms with Gasteiger partial charge in [0.1, 0.15) is 6.04 Å². The minimum atomic E-state index is -0.618. The van der Waals surface area contributed by atoms with Gasteiger partial charge in [-0.1, -0.05) is 18.2 Å². The van der Waals surface area contributed by atoms with E-state index in [2.05, 4.69) is 5.32 Å². The van der Waals surface area contributed by atoms with Crippen LogP contribution in [0.3, 0.4) is 0 Å². The fourth-order valence-electron chi connectivity index (χ4n) is 1.91. The van der Waals surface area contributed by atoms with Crippen molar-refractivity contribution in [1.82, 2.24) is 5.32 Å². The molecule has 0 aliphatic heterocycles. The van der Waals surface area contributed by atoms with Gasteiger partial charge in [0, 0.05) is 12.2 Å². The number of hydrogen-bond donors (Lipinski definition) is 1. The molecular weight excluding hydrogens is 288 g/mol. The first-order chi connectivity index (χ1) is 10.1. The first-order valence-electron chi connectivity index (χ1n) is 6.83. The third-order valence-corrected chi connectivity index (χ3v) is 3.67. The summed E-state index contributed by atoms with van der Waals surface area (Å²) in [7, 11) is 1.33. The van der Waals surface area contributed by atoms with Crippen molar-refractivity contribution in [3.63, 3.8) is 0 Å². The normalized spacial score (nSPS) is 11.6. The molecule has 0 aliphatic carbocycles. The predicted octanol–water partition coefficient (Wildman–Crippen LogP) is 2.52. The zero-order chi connectivity index (χ0) is 15.7. The molecule has 0 unspecified atom stereocenters. The van der Waals surface area contributed by atoms with Crippen LogP contribution in [0.2, 0.25) is 0 Å². The van der Waals surface area contributed by atoms with Crippen LogP contribution in [0.25, 0.3) is 0 Å². The van der Waals surface area contributed by atoms with Crippen molar-refractivity contribution in [3.05, 3.63) is 30.3 Å². The van der Waals surface area contributed by atoms with Crippen LogP contribution in [0.15, 0.2) is 30.3 Å². The number of rotatable bonds is 7. The predicted molar refractivity (Wildman–Crippen MR) is 86.8 cm³/mol. The van der Waals surface area contributed by atoms with Gasteiger partial charge in [0.25, 0.3) is 0 Å². The summed E-state index contributed by atoms with van der Waals surface area (Å²) < 4.78 is 4.75. The van der Waals surface area contributed by atoms with Crippen molar-refractivity contribution < 1.29 is 14.3 Å². The maximum Gasteiger partial charge on any atom is 0.328 e. The number of nitrogens with one attached hydrogen (secondary N) is 1. The smallest absolute Gasteiger partial charge is 0.328 e. The monoisotopic (exact) mass is 310 g/mol. The molecular formula is C15H22N2O3S. The largest absolute Gasteiger partial charge is 0.467 e. The number of esters is 1. The SMILES string of the molecule is CCN(C(=O)N[C@@H](CCSC)C(=O)OC)c1ccccc1. The average Bonchev–Trinajstić information content (AvgIpc) is 2.52. The molecule has 6 heteroatoms. The van der Waals surface area contributed by atoms with Crippen molar-refractivity contribution in [2.24, 2.45) is 0 Å². The lowest BCUT2D eigenvalue weighted by Gasteiger charge is -2.24. The standard InChI is InChI=1S/C15H22N2O3S/c1-4-17(12-8-6-5-7-9-12)15(19)16-13(10-11-21-3)14(18)20-2/h5-9,13H,4,10-11H2,1-3H3,(H,16,19)/t13-/m0/s1. The van der Waals surface area contributed by atoms with Gasteiger partial charge in [0.15, 0.2) is 0 Å². The van der Waals surface area contributed by atoms with Gasteiger partial charge in [0.2, 0.25) is 0 Å².